The lowest BCUT2D eigenvalue weighted by atomic mass is 10.1. The van der Waals surface area contributed by atoms with Crippen LogP contribution in [0.2, 0.25) is 5.02 Å². The van der Waals surface area contributed by atoms with Gasteiger partial charge < -0.3 is 15.0 Å². The fourth-order valence-corrected chi connectivity index (χ4v) is 4.02. The Hall–Kier alpha value is -2.71. The van der Waals surface area contributed by atoms with E-state index in [0.29, 0.717) is 35.9 Å². The first-order valence-electron chi connectivity index (χ1n) is 9.90. The molecule has 3 aromatic rings. The third-order valence-electron chi connectivity index (χ3n) is 5.78. The number of aromatic nitrogens is 3. The molecule has 5 rings (SSSR count). The van der Waals surface area contributed by atoms with Crippen molar-refractivity contribution >= 4 is 23.2 Å². The molecule has 30 heavy (non-hydrogen) atoms. The Morgan fingerprint density at radius 2 is 2.17 bits per heavy atom. The van der Waals surface area contributed by atoms with E-state index in [1.54, 1.807) is 9.42 Å². The van der Waals surface area contributed by atoms with Gasteiger partial charge in [0.05, 0.1) is 40.8 Å². The molecule has 1 aromatic carbocycles. The van der Waals surface area contributed by atoms with Crippen LogP contribution in [0, 0.1) is 19.7 Å². The van der Waals surface area contributed by atoms with Crippen molar-refractivity contribution in [1.29, 1.82) is 0 Å². The van der Waals surface area contributed by atoms with Gasteiger partial charge in [-0.2, -0.15) is 5.10 Å². The van der Waals surface area contributed by atoms with Gasteiger partial charge in [0.1, 0.15) is 18.2 Å². The number of hydrogen-bond acceptors (Lipinski definition) is 5. The maximum atomic E-state index is 13.8. The maximum Gasteiger partial charge on any atom is 0.258 e. The molecule has 2 aliphatic heterocycles. The maximum absolute atomic E-state index is 13.8. The van der Waals surface area contributed by atoms with Crippen LogP contribution < -0.4 is 10.1 Å². The van der Waals surface area contributed by atoms with Crippen molar-refractivity contribution < 1.29 is 13.9 Å². The molecule has 156 valence electrons. The molecule has 4 heterocycles. The second kappa shape index (κ2) is 7.21. The molecular formula is C21H21ClFN5O2. The minimum absolute atomic E-state index is 0.217. The quantitative estimate of drug-likeness (QED) is 0.690. The minimum Gasteiger partial charge on any atom is -0.491 e. The molecule has 7 nitrogen and oxygen atoms in total. The van der Waals surface area contributed by atoms with Gasteiger partial charge in [0.2, 0.25) is 0 Å². The van der Waals surface area contributed by atoms with E-state index in [4.69, 9.17) is 16.3 Å². The first-order valence-corrected chi connectivity index (χ1v) is 10.3. The summed E-state index contributed by atoms with van der Waals surface area (Å²) in [6, 6.07) is 4.28. The zero-order valence-corrected chi connectivity index (χ0v) is 17.5. The summed E-state index contributed by atoms with van der Waals surface area (Å²) in [5, 5.41) is 8.43. The third kappa shape index (κ3) is 3.11. The number of carbonyl (C=O) groups is 1. The van der Waals surface area contributed by atoms with Gasteiger partial charge in [-0.25, -0.2) is 13.9 Å². The summed E-state index contributed by atoms with van der Waals surface area (Å²) < 4.78 is 21.3. The Kier molecular flexibility index (Phi) is 4.63. The van der Waals surface area contributed by atoms with Gasteiger partial charge in [0, 0.05) is 17.7 Å². The number of nitrogens with one attached hydrogen (secondary N) is 1. The van der Waals surface area contributed by atoms with E-state index in [9.17, 15) is 9.18 Å². The zero-order chi connectivity index (χ0) is 21.0. The zero-order valence-electron chi connectivity index (χ0n) is 16.7. The average Bonchev–Trinajstić information content (AvgIpc) is 3.24. The number of aryl methyl sites for hydroxylation is 2. The molecule has 1 saturated heterocycles. The van der Waals surface area contributed by atoms with Crippen molar-refractivity contribution in [1.82, 2.24) is 24.8 Å². The van der Waals surface area contributed by atoms with E-state index in [2.05, 4.69) is 15.4 Å². The lowest BCUT2D eigenvalue weighted by molar-refractivity contribution is 0.0744. The summed E-state index contributed by atoms with van der Waals surface area (Å²) >= 11 is 6.30. The Labute approximate surface area is 177 Å². The summed E-state index contributed by atoms with van der Waals surface area (Å²) in [4.78, 5) is 19.5. The summed E-state index contributed by atoms with van der Waals surface area (Å²) in [7, 11) is 0. The third-order valence-corrected chi connectivity index (χ3v) is 6.33. The van der Waals surface area contributed by atoms with Crippen LogP contribution in [0.1, 0.15) is 39.4 Å². The molecule has 2 aromatic heterocycles. The van der Waals surface area contributed by atoms with E-state index >= 15 is 0 Å². The molecule has 0 bridgehead atoms. The molecule has 1 unspecified atom stereocenters. The van der Waals surface area contributed by atoms with Crippen LogP contribution in [-0.4, -0.2) is 44.6 Å². The summed E-state index contributed by atoms with van der Waals surface area (Å²) in [5.41, 5.74) is 4.32. The molecule has 0 spiro atoms. The van der Waals surface area contributed by atoms with Gasteiger partial charge in [0.25, 0.3) is 5.91 Å². The Morgan fingerprint density at radius 3 is 2.90 bits per heavy atom. The molecule has 1 fully saturated rings. The predicted molar refractivity (Wildman–Crippen MR) is 109 cm³/mol. The molecule has 2 aliphatic rings. The highest BCUT2D eigenvalue weighted by atomic mass is 35.5. The molecule has 1 N–H and O–H groups in total. The number of nitrogens with zero attached hydrogens (tertiary/aromatic N) is 4. The molecule has 0 radical (unpaired) electrons. The van der Waals surface area contributed by atoms with Gasteiger partial charge in [0.15, 0.2) is 5.65 Å². The lowest BCUT2D eigenvalue weighted by Gasteiger charge is -2.28. The minimum atomic E-state index is -0.433. The topological polar surface area (TPSA) is 71.8 Å². The van der Waals surface area contributed by atoms with Crippen molar-refractivity contribution in [3.8, 4) is 5.75 Å². The number of benzene rings is 1. The van der Waals surface area contributed by atoms with Gasteiger partial charge in [-0.15, -0.1) is 0 Å². The van der Waals surface area contributed by atoms with Crippen molar-refractivity contribution in [2.24, 2.45) is 0 Å². The van der Waals surface area contributed by atoms with Crippen molar-refractivity contribution in [2.75, 3.05) is 13.2 Å². The van der Waals surface area contributed by atoms with E-state index in [1.807, 2.05) is 13.8 Å². The number of rotatable bonds is 4. The largest absolute Gasteiger partial charge is 0.491 e. The Balaban J connectivity index is 1.42. The molecule has 9 heteroatoms. The van der Waals surface area contributed by atoms with Crippen LogP contribution in [0.25, 0.3) is 5.65 Å². The predicted octanol–water partition coefficient (Wildman–Crippen LogP) is 3.04. The monoisotopic (exact) mass is 429 g/mol. The molecule has 1 atom stereocenters. The van der Waals surface area contributed by atoms with Crippen molar-refractivity contribution in [3.05, 3.63) is 57.2 Å². The molecule has 0 saturated carbocycles. The van der Waals surface area contributed by atoms with Crippen LogP contribution in [0.4, 0.5) is 4.39 Å². The van der Waals surface area contributed by atoms with Crippen LogP contribution in [-0.2, 0) is 13.1 Å². The van der Waals surface area contributed by atoms with Gasteiger partial charge in [-0.3, -0.25) is 4.79 Å². The van der Waals surface area contributed by atoms with E-state index in [1.165, 1.54) is 18.2 Å². The fraction of sp³-hybridized carbons (Fsp3) is 0.381. The van der Waals surface area contributed by atoms with E-state index in [-0.39, 0.29) is 17.7 Å². The summed E-state index contributed by atoms with van der Waals surface area (Å²) in [6.45, 7) is 5.84. The summed E-state index contributed by atoms with van der Waals surface area (Å²) in [6.07, 6.45) is 1.01. The lowest BCUT2D eigenvalue weighted by Crippen LogP contribution is -2.46. The van der Waals surface area contributed by atoms with Gasteiger partial charge in [-0.1, -0.05) is 11.6 Å². The Bertz CT molecular complexity index is 1170. The fourth-order valence-electron chi connectivity index (χ4n) is 3.90. The van der Waals surface area contributed by atoms with Gasteiger partial charge in [-0.05, 0) is 38.9 Å². The number of ether oxygens (including phenoxy) is 1. The average molecular weight is 430 g/mol. The highest BCUT2D eigenvalue weighted by Crippen LogP contribution is 2.31. The highest BCUT2D eigenvalue weighted by Gasteiger charge is 2.32. The van der Waals surface area contributed by atoms with E-state index < -0.39 is 5.82 Å². The second-order valence-corrected chi connectivity index (χ2v) is 8.19. The number of hydrogen-bond donors (Lipinski definition) is 1. The SMILES string of the molecule is Cc1nc2c3c(nn2c(C)c1Cl)CN(C(=O)c1ccc(F)cc1OCC1CCN1)C3. The number of fused-ring (bicyclic) bond motifs is 3. The van der Waals surface area contributed by atoms with Gasteiger partial charge >= 0.3 is 0 Å². The van der Waals surface area contributed by atoms with Crippen molar-refractivity contribution in [3.63, 3.8) is 0 Å². The van der Waals surface area contributed by atoms with Crippen LogP contribution in [0.5, 0.6) is 5.75 Å². The molecule has 1 amide bonds. The molecular weight excluding hydrogens is 409 g/mol. The summed E-state index contributed by atoms with van der Waals surface area (Å²) in [5.74, 6) is -0.383. The Morgan fingerprint density at radius 1 is 1.37 bits per heavy atom. The normalized spacial score (nSPS) is 17.9. The van der Waals surface area contributed by atoms with E-state index in [0.717, 1.165) is 35.6 Å². The highest BCUT2D eigenvalue weighted by molar-refractivity contribution is 6.31. The first kappa shape index (κ1) is 19.3. The first-order chi connectivity index (χ1) is 14.4. The van der Waals surface area contributed by atoms with Crippen LogP contribution in [0.15, 0.2) is 18.2 Å². The van der Waals surface area contributed by atoms with Crippen molar-refractivity contribution in [2.45, 2.75) is 39.4 Å². The second-order valence-electron chi connectivity index (χ2n) is 7.81. The number of halogens is 2. The smallest absolute Gasteiger partial charge is 0.258 e. The van der Waals surface area contributed by atoms with Crippen LogP contribution >= 0.6 is 11.6 Å². The molecule has 0 aliphatic carbocycles. The standard InChI is InChI=1S/C21H21ClFN5O2/c1-11-19(22)12(2)28-20(25-11)16-8-27(9-17(16)26-28)21(29)15-4-3-13(23)7-18(15)30-10-14-5-6-24-14/h3-4,7,14,24H,5-6,8-10H2,1-2H3. The number of amides is 1. The number of carbonyl (C=O) groups excluding carboxylic acids is 1. The van der Waals surface area contributed by atoms with Crippen LogP contribution in [0.3, 0.4) is 0 Å².